The van der Waals surface area contributed by atoms with Crippen LogP contribution >= 0.6 is 12.4 Å². The van der Waals surface area contributed by atoms with E-state index in [0.717, 1.165) is 56.0 Å². The van der Waals surface area contributed by atoms with Crippen LogP contribution in [0.4, 0.5) is 5.82 Å². The number of hydrogen-bond donors (Lipinski definition) is 1. The van der Waals surface area contributed by atoms with Gasteiger partial charge in [-0.2, -0.15) is 0 Å². The molecule has 0 bridgehead atoms. The molecule has 30 heavy (non-hydrogen) atoms. The average Bonchev–Trinajstić information content (AvgIpc) is 2.76. The molecule has 0 atom stereocenters. The van der Waals surface area contributed by atoms with Crippen molar-refractivity contribution in [3.05, 3.63) is 77.9 Å². The van der Waals surface area contributed by atoms with Crippen molar-refractivity contribution in [1.82, 2.24) is 9.88 Å². The summed E-state index contributed by atoms with van der Waals surface area (Å²) in [5, 5.41) is 9.95. The number of carbonyl (C=O) groups is 1. The lowest BCUT2D eigenvalue weighted by molar-refractivity contribution is -0.131. The molecular weight excluding hydrogens is 398 g/mol. The Kier molecular flexibility index (Phi) is 7.44. The largest absolute Gasteiger partial charge is 0.478 e. The van der Waals surface area contributed by atoms with Crippen LogP contribution in [0.2, 0.25) is 0 Å². The topological polar surface area (TPSA) is 56.7 Å². The Morgan fingerprint density at radius 2 is 1.80 bits per heavy atom. The zero-order valence-electron chi connectivity index (χ0n) is 16.8. The van der Waals surface area contributed by atoms with Crippen LogP contribution in [-0.2, 0) is 11.2 Å². The number of para-hydroxylation sites is 1. The number of pyridine rings is 1. The van der Waals surface area contributed by atoms with E-state index in [-0.39, 0.29) is 12.4 Å². The van der Waals surface area contributed by atoms with E-state index in [0.29, 0.717) is 0 Å². The maximum atomic E-state index is 10.7. The minimum Gasteiger partial charge on any atom is -0.478 e. The van der Waals surface area contributed by atoms with Gasteiger partial charge in [0.2, 0.25) is 0 Å². The second-order valence-corrected chi connectivity index (χ2v) is 7.36. The third kappa shape index (κ3) is 5.59. The number of anilines is 1. The summed E-state index contributed by atoms with van der Waals surface area (Å²) in [5.74, 6) is 0.135. The normalized spacial score (nSPS) is 14.7. The van der Waals surface area contributed by atoms with Gasteiger partial charge in [0, 0.05) is 44.2 Å². The maximum Gasteiger partial charge on any atom is 0.328 e. The quantitative estimate of drug-likeness (QED) is 0.604. The number of aromatic nitrogens is 1. The molecule has 0 amide bonds. The van der Waals surface area contributed by atoms with Gasteiger partial charge in [0.15, 0.2) is 0 Å². The van der Waals surface area contributed by atoms with Gasteiger partial charge in [-0.25, -0.2) is 9.78 Å². The Bertz CT molecular complexity index is 1030. The minimum absolute atomic E-state index is 0. The third-order valence-electron chi connectivity index (χ3n) is 5.37. The number of carboxylic acids is 1. The fourth-order valence-electron chi connectivity index (χ4n) is 3.74. The van der Waals surface area contributed by atoms with Crippen molar-refractivity contribution in [3.63, 3.8) is 0 Å². The van der Waals surface area contributed by atoms with Crippen LogP contribution in [0.1, 0.15) is 11.1 Å². The average molecular weight is 424 g/mol. The molecule has 3 aromatic rings. The summed E-state index contributed by atoms with van der Waals surface area (Å²) in [6.07, 6.45) is 3.78. The highest BCUT2D eigenvalue weighted by Gasteiger charge is 2.18. The van der Waals surface area contributed by atoms with Crippen molar-refractivity contribution in [2.75, 3.05) is 37.6 Å². The van der Waals surface area contributed by atoms with E-state index < -0.39 is 5.97 Å². The Morgan fingerprint density at radius 3 is 2.60 bits per heavy atom. The third-order valence-corrected chi connectivity index (χ3v) is 5.37. The first-order valence-electron chi connectivity index (χ1n) is 10.0. The molecule has 6 heteroatoms. The number of fused-ring (bicyclic) bond motifs is 1. The summed E-state index contributed by atoms with van der Waals surface area (Å²) in [5.41, 5.74) is 3.21. The number of aliphatic carboxylic acids is 1. The number of rotatable bonds is 6. The van der Waals surface area contributed by atoms with Crippen molar-refractivity contribution in [2.24, 2.45) is 0 Å². The second-order valence-electron chi connectivity index (χ2n) is 7.36. The van der Waals surface area contributed by atoms with E-state index in [4.69, 9.17) is 10.1 Å². The van der Waals surface area contributed by atoms with Gasteiger partial charge in [-0.05, 0) is 41.8 Å². The lowest BCUT2D eigenvalue weighted by Crippen LogP contribution is -2.47. The summed E-state index contributed by atoms with van der Waals surface area (Å²) in [7, 11) is 0. The van der Waals surface area contributed by atoms with Gasteiger partial charge in [0.25, 0.3) is 0 Å². The van der Waals surface area contributed by atoms with Gasteiger partial charge >= 0.3 is 5.97 Å². The molecule has 1 aromatic heterocycles. The van der Waals surface area contributed by atoms with Crippen LogP contribution in [0.15, 0.2) is 66.7 Å². The summed E-state index contributed by atoms with van der Waals surface area (Å²) in [4.78, 5) is 20.3. The predicted molar refractivity (Wildman–Crippen MR) is 124 cm³/mol. The summed E-state index contributed by atoms with van der Waals surface area (Å²) >= 11 is 0. The molecule has 1 aliphatic heterocycles. The number of halogens is 1. The molecule has 2 aromatic carbocycles. The number of benzene rings is 2. The predicted octanol–water partition coefficient (Wildman–Crippen LogP) is 4.12. The molecule has 0 aliphatic carbocycles. The molecule has 0 saturated carbocycles. The Hall–Kier alpha value is -2.89. The van der Waals surface area contributed by atoms with Crippen LogP contribution in [0, 0.1) is 0 Å². The number of piperazine rings is 1. The highest BCUT2D eigenvalue weighted by Crippen LogP contribution is 2.19. The van der Waals surface area contributed by atoms with Crippen molar-refractivity contribution in [2.45, 2.75) is 6.42 Å². The fraction of sp³-hybridized carbons (Fsp3) is 0.250. The maximum absolute atomic E-state index is 10.7. The van der Waals surface area contributed by atoms with E-state index in [1.807, 2.05) is 24.3 Å². The first kappa shape index (κ1) is 21.8. The van der Waals surface area contributed by atoms with Crippen LogP contribution in [0.5, 0.6) is 0 Å². The standard InChI is InChI=1S/C24H25N3O2.ClH/c28-24(29)11-8-19-4-3-5-20(18-19)12-13-26-14-16-27(17-15-26)23-10-9-21-6-1-2-7-22(21)25-23;/h1-11,18H,12-17H2,(H,28,29);1H. The molecule has 0 spiro atoms. The molecule has 1 fully saturated rings. The van der Waals surface area contributed by atoms with Crippen LogP contribution in [0.3, 0.4) is 0 Å². The van der Waals surface area contributed by atoms with Gasteiger partial charge in [0.1, 0.15) is 5.82 Å². The van der Waals surface area contributed by atoms with E-state index in [1.54, 1.807) is 6.08 Å². The molecule has 2 heterocycles. The molecule has 0 unspecified atom stereocenters. The lowest BCUT2D eigenvalue weighted by atomic mass is 10.1. The minimum atomic E-state index is -0.922. The van der Waals surface area contributed by atoms with E-state index in [1.165, 1.54) is 17.0 Å². The van der Waals surface area contributed by atoms with Crippen molar-refractivity contribution < 1.29 is 9.90 Å². The second kappa shape index (κ2) is 10.2. The smallest absolute Gasteiger partial charge is 0.328 e. The molecule has 5 nitrogen and oxygen atoms in total. The molecule has 4 rings (SSSR count). The molecule has 1 saturated heterocycles. The van der Waals surface area contributed by atoms with Gasteiger partial charge in [-0.1, -0.05) is 42.5 Å². The number of nitrogens with zero attached hydrogens (tertiary/aromatic N) is 3. The molecule has 1 aliphatic rings. The van der Waals surface area contributed by atoms with Crippen molar-refractivity contribution in [3.8, 4) is 0 Å². The monoisotopic (exact) mass is 423 g/mol. The SMILES string of the molecule is Cl.O=C(O)C=Cc1cccc(CCN2CCN(c3ccc4ccccc4n3)CC2)c1. The lowest BCUT2D eigenvalue weighted by Gasteiger charge is -2.35. The van der Waals surface area contributed by atoms with Crippen LogP contribution in [-0.4, -0.2) is 53.7 Å². The number of hydrogen-bond acceptors (Lipinski definition) is 4. The Balaban J connectivity index is 0.00000256. The molecule has 0 radical (unpaired) electrons. The van der Waals surface area contributed by atoms with Gasteiger partial charge in [0.05, 0.1) is 5.52 Å². The number of carboxylic acid groups (broad SMARTS) is 1. The Morgan fingerprint density at radius 1 is 1.00 bits per heavy atom. The van der Waals surface area contributed by atoms with E-state index in [2.05, 4.69) is 46.2 Å². The zero-order valence-corrected chi connectivity index (χ0v) is 17.6. The zero-order chi connectivity index (χ0) is 20.1. The van der Waals surface area contributed by atoms with Crippen molar-refractivity contribution in [1.29, 1.82) is 0 Å². The first-order valence-corrected chi connectivity index (χ1v) is 10.0. The summed E-state index contributed by atoms with van der Waals surface area (Å²) in [6.45, 7) is 5.00. The Labute approximate surface area is 183 Å². The van der Waals surface area contributed by atoms with Crippen LogP contribution in [0.25, 0.3) is 17.0 Å². The molecule has 1 N–H and O–H groups in total. The van der Waals surface area contributed by atoms with Crippen molar-refractivity contribution >= 4 is 41.2 Å². The van der Waals surface area contributed by atoms with E-state index >= 15 is 0 Å². The highest BCUT2D eigenvalue weighted by atomic mass is 35.5. The van der Waals surface area contributed by atoms with Gasteiger partial charge < -0.3 is 10.0 Å². The first-order chi connectivity index (χ1) is 14.2. The van der Waals surface area contributed by atoms with E-state index in [9.17, 15) is 4.79 Å². The fourth-order valence-corrected chi connectivity index (χ4v) is 3.74. The molecular formula is C24H26ClN3O2. The molecule has 156 valence electrons. The van der Waals surface area contributed by atoms with Gasteiger partial charge in [-0.15, -0.1) is 12.4 Å². The summed E-state index contributed by atoms with van der Waals surface area (Å²) < 4.78 is 0. The van der Waals surface area contributed by atoms with Crippen LogP contribution < -0.4 is 4.90 Å². The summed E-state index contributed by atoms with van der Waals surface area (Å²) in [6, 6.07) is 20.6. The van der Waals surface area contributed by atoms with Gasteiger partial charge in [-0.3, -0.25) is 4.90 Å². The highest BCUT2D eigenvalue weighted by molar-refractivity contribution is 5.85.